The summed E-state index contributed by atoms with van der Waals surface area (Å²) in [6, 6.07) is 18.2. The van der Waals surface area contributed by atoms with Gasteiger partial charge in [0.15, 0.2) is 5.16 Å². The lowest BCUT2D eigenvalue weighted by Gasteiger charge is -2.12. The molecule has 34 heavy (non-hydrogen) atoms. The lowest BCUT2D eigenvalue weighted by atomic mass is 10.1. The second-order valence-corrected chi connectivity index (χ2v) is 8.56. The molecule has 2 N–H and O–H groups in total. The maximum atomic E-state index is 13.1. The first-order chi connectivity index (χ1) is 16.4. The van der Waals surface area contributed by atoms with Crippen LogP contribution in [0.25, 0.3) is 5.69 Å². The first-order valence-corrected chi connectivity index (χ1v) is 11.5. The van der Waals surface area contributed by atoms with Gasteiger partial charge in [-0.2, -0.15) is 0 Å². The van der Waals surface area contributed by atoms with Gasteiger partial charge >= 0.3 is 0 Å². The van der Waals surface area contributed by atoms with Gasteiger partial charge in [-0.3, -0.25) is 14.2 Å². The molecule has 0 saturated carbocycles. The fourth-order valence-corrected chi connectivity index (χ4v) is 4.12. The Balaban J connectivity index is 1.42. The van der Waals surface area contributed by atoms with E-state index >= 15 is 0 Å². The van der Waals surface area contributed by atoms with Crippen LogP contribution in [0.3, 0.4) is 0 Å². The Labute approximate surface area is 200 Å². The summed E-state index contributed by atoms with van der Waals surface area (Å²) < 4.78 is 15.0. The van der Waals surface area contributed by atoms with Gasteiger partial charge < -0.3 is 10.6 Å². The number of carbonyl (C=O) groups is 2. The van der Waals surface area contributed by atoms with E-state index in [1.807, 2.05) is 30.5 Å². The van der Waals surface area contributed by atoms with Gasteiger partial charge in [-0.05, 0) is 61.9 Å². The molecule has 0 saturated heterocycles. The van der Waals surface area contributed by atoms with Crippen molar-refractivity contribution in [3.8, 4) is 5.69 Å². The van der Waals surface area contributed by atoms with Crippen molar-refractivity contribution >= 4 is 35.0 Å². The number of benzene rings is 3. The average molecular weight is 476 g/mol. The highest BCUT2D eigenvalue weighted by molar-refractivity contribution is 7.99. The van der Waals surface area contributed by atoms with Gasteiger partial charge in [0, 0.05) is 5.69 Å². The molecule has 4 rings (SSSR count). The van der Waals surface area contributed by atoms with Crippen molar-refractivity contribution in [1.29, 1.82) is 0 Å². The molecule has 0 fully saturated rings. The van der Waals surface area contributed by atoms with Crippen molar-refractivity contribution in [2.45, 2.75) is 19.0 Å². The third kappa shape index (κ3) is 5.49. The molecule has 0 spiro atoms. The second kappa shape index (κ2) is 10.3. The zero-order chi connectivity index (χ0) is 24.1. The molecule has 1 aromatic heterocycles. The normalized spacial score (nSPS) is 10.7. The van der Waals surface area contributed by atoms with Crippen molar-refractivity contribution < 1.29 is 14.0 Å². The van der Waals surface area contributed by atoms with Gasteiger partial charge in [-0.25, -0.2) is 4.39 Å². The number of hydrogen-bond donors (Lipinski definition) is 2. The number of nitrogens with one attached hydrogen (secondary N) is 2. The van der Waals surface area contributed by atoms with Crippen LogP contribution in [0.1, 0.15) is 21.5 Å². The minimum atomic E-state index is -0.412. The number of nitrogens with zero attached hydrogens (tertiary/aromatic N) is 3. The second-order valence-electron chi connectivity index (χ2n) is 7.62. The Morgan fingerprint density at radius 2 is 1.76 bits per heavy atom. The summed E-state index contributed by atoms with van der Waals surface area (Å²) in [5, 5.41) is 14.2. The van der Waals surface area contributed by atoms with Gasteiger partial charge in [0.25, 0.3) is 5.91 Å². The summed E-state index contributed by atoms with van der Waals surface area (Å²) in [5.41, 5.74) is 4.31. The summed E-state index contributed by atoms with van der Waals surface area (Å²) in [7, 11) is 0. The van der Waals surface area contributed by atoms with Crippen molar-refractivity contribution in [3.05, 3.63) is 95.6 Å². The first-order valence-electron chi connectivity index (χ1n) is 10.5. The van der Waals surface area contributed by atoms with E-state index in [1.54, 1.807) is 30.6 Å². The molecule has 7 nitrogen and oxygen atoms in total. The van der Waals surface area contributed by atoms with Crippen molar-refractivity contribution in [1.82, 2.24) is 14.8 Å². The van der Waals surface area contributed by atoms with E-state index in [-0.39, 0.29) is 11.7 Å². The Morgan fingerprint density at radius 3 is 2.53 bits per heavy atom. The molecule has 0 aliphatic heterocycles. The van der Waals surface area contributed by atoms with Crippen molar-refractivity contribution in [2.24, 2.45) is 0 Å². The van der Waals surface area contributed by atoms with E-state index in [0.29, 0.717) is 22.1 Å². The van der Waals surface area contributed by atoms with Crippen LogP contribution in [-0.2, 0) is 4.79 Å². The van der Waals surface area contributed by atoms with Crippen LogP contribution in [0.5, 0.6) is 0 Å². The predicted molar refractivity (Wildman–Crippen MR) is 131 cm³/mol. The zero-order valence-electron chi connectivity index (χ0n) is 18.6. The molecule has 1 heterocycles. The summed E-state index contributed by atoms with van der Waals surface area (Å²) >= 11 is 1.25. The number of thioether (sulfide) groups is 1. The Hall–Kier alpha value is -3.98. The smallest absolute Gasteiger partial charge is 0.257 e. The third-order valence-corrected chi connectivity index (χ3v) is 5.95. The molecule has 0 atom stereocenters. The quantitative estimate of drug-likeness (QED) is 0.367. The standard InChI is InChI=1S/C25H22FN5O2S/c1-16-7-12-22(17(2)13-16)31-15-27-30-25(31)34-14-23(32)29-21-6-4-3-5-20(21)24(33)28-19-10-8-18(26)9-11-19/h3-13,15H,14H2,1-2H3,(H,28,33)(H,29,32). The number of aromatic nitrogens is 3. The highest BCUT2D eigenvalue weighted by Gasteiger charge is 2.16. The van der Waals surface area contributed by atoms with Gasteiger partial charge in [-0.15, -0.1) is 10.2 Å². The number of amides is 2. The number of rotatable bonds is 7. The van der Waals surface area contributed by atoms with E-state index in [1.165, 1.54) is 36.0 Å². The molecule has 0 radical (unpaired) electrons. The maximum absolute atomic E-state index is 13.1. The number of aryl methyl sites for hydroxylation is 2. The van der Waals surface area contributed by atoms with E-state index < -0.39 is 11.7 Å². The number of anilines is 2. The molecule has 9 heteroatoms. The number of para-hydroxylation sites is 1. The van der Waals surface area contributed by atoms with Crippen LogP contribution in [0.15, 0.2) is 78.2 Å². The Bertz CT molecular complexity index is 1340. The maximum Gasteiger partial charge on any atom is 0.257 e. The lowest BCUT2D eigenvalue weighted by Crippen LogP contribution is -2.19. The summed E-state index contributed by atoms with van der Waals surface area (Å²) in [6.07, 6.45) is 1.62. The van der Waals surface area contributed by atoms with E-state index in [2.05, 4.69) is 26.9 Å². The fraction of sp³-hybridized carbons (Fsp3) is 0.120. The highest BCUT2D eigenvalue weighted by Crippen LogP contribution is 2.23. The number of halogens is 1. The van der Waals surface area contributed by atoms with E-state index in [4.69, 9.17) is 0 Å². The molecule has 0 aliphatic carbocycles. The molecular formula is C25H22FN5O2S. The van der Waals surface area contributed by atoms with Crippen LogP contribution in [0, 0.1) is 19.7 Å². The molecule has 172 valence electrons. The zero-order valence-corrected chi connectivity index (χ0v) is 19.4. The van der Waals surface area contributed by atoms with Crippen LogP contribution >= 0.6 is 11.8 Å². The van der Waals surface area contributed by atoms with Crippen LogP contribution in [0.2, 0.25) is 0 Å². The molecule has 2 amide bonds. The van der Waals surface area contributed by atoms with E-state index in [9.17, 15) is 14.0 Å². The largest absolute Gasteiger partial charge is 0.325 e. The summed E-state index contributed by atoms with van der Waals surface area (Å²) in [4.78, 5) is 25.4. The summed E-state index contributed by atoms with van der Waals surface area (Å²) in [5.74, 6) is -1.01. The number of carbonyl (C=O) groups excluding carboxylic acids is 2. The molecule has 4 aromatic rings. The molecule has 3 aromatic carbocycles. The topological polar surface area (TPSA) is 88.9 Å². The van der Waals surface area contributed by atoms with Crippen molar-refractivity contribution in [2.75, 3.05) is 16.4 Å². The monoisotopic (exact) mass is 475 g/mol. The average Bonchev–Trinajstić information content (AvgIpc) is 3.28. The summed E-state index contributed by atoms with van der Waals surface area (Å²) in [6.45, 7) is 4.04. The molecule has 0 unspecified atom stereocenters. The SMILES string of the molecule is Cc1ccc(-n2cnnc2SCC(=O)Nc2ccccc2C(=O)Nc2ccc(F)cc2)c(C)c1. The molecule has 0 bridgehead atoms. The number of hydrogen-bond acceptors (Lipinski definition) is 5. The third-order valence-electron chi connectivity index (χ3n) is 5.01. The Morgan fingerprint density at radius 1 is 1.00 bits per heavy atom. The van der Waals surface area contributed by atoms with Gasteiger partial charge in [0.2, 0.25) is 5.91 Å². The lowest BCUT2D eigenvalue weighted by molar-refractivity contribution is -0.113. The first kappa shape index (κ1) is 23.2. The Kier molecular flexibility index (Phi) is 7.03. The van der Waals surface area contributed by atoms with Crippen molar-refractivity contribution in [3.63, 3.8) is 0 Å². The van der Waals surface area contributed by atoms with Gasteiger partial charge in [-0.1, -0.05) is 41.6 Å². The highest BCUT2D eigenvalue weighted by atomic mass is 32.2. The van der Waals surface area contributed by atoms with Crippen LogP contribution in [-0.4, -0.2) is 32.3 Å². The van der Waals surface area contributed by atoms with E-state index in [0.717, 1.165) is 16.8 Å². The minimum absolute atomic E-state index is 0.0809. The van der Waals surface area contributed by atoms with Gasteiger partial charge in [0.05, 0.1) is 22.7 Å². The van der Waals surface area contributed by atoms with Gasteiger partial charge in [0.1, 0.15) is 12.1 Å². The minimum Gasteiger partial charge on any atom is -0.325 e. The predicted octanol–water partition coefficient (Wildman–Crippen LogP) is 5.01. The molecular weight excluding hydrogens is 453 g/mol. The molecule has 0 aliphatic rings. The van der Waals surface area contributed by atoms with Crippen LogP contribution < -0.4 is 10.6 Å². The fourth-order valence-electron chi connectivity index (χ4n) is 3.40. The van der Waals surface area contributed by atoms with Crippen LogP contribution in [0.4, 0.5) is 15.8 Å².